The summed E-state index contributed by atoms with van der Waals surface area (Å²) in [4.78, 5) is 15.1. The van der Waals surface area contributed by atoms with Crippen molar-refractivity contribution in [1.29, 1.82) is 0 Å². The van der Waals surface area contributed by atoms with Crippen LogP contribution in [-0.4, -0.2) is 33.8 Å². The molecule has 0 aromatic carbocycles. The second-order valence-corrected chi connectivity index (χ2v) is 3.45. The van der Waals surface area contributed by atoms with Gasteiger partial charge in [0.25, 0.3) is 0 Å². The molecule has 2 heterocycles. The lowest BCUT2D eigenvalue weighted by Crippen LogP contribution is -2.33. The zero-order chi connectivity index (χ0) is 13.9. The van der Waals surface area contributed by atoms with E-state index in [0.717, 1.165) is 0 Å². The van der Waals surface area contributed by atoms with Crippen molar-refractivity contribution in [2.75, 3.05) is 6.54 Å². The number of carbonyl (C=O) groups is 1. The zero-order valence-corrected chi connectivity index (χ0v) is 9.31. The third-order valence-electron chi connectivity index (χ3n) is 1.98. The molecule has 9 heteroatoms. The van der Waals surface area contributed by atoms with E-state index in [0.29, 0.717) is 5.56 Å². The fraction of sp³-hybridized carbons (Fsp3) is 0.200. The summed E-state index contributed by atoms with van der Waals surface area (Å²) in [5, 5.41) is 8.55. The number of amides is 1. The minimum absolute atomic E-state index is 0.00487. The number of alkyl halides is 3. The van der Waals surface area contributed by atoms with Gasteiger partial charge in [-0.1, -0.05) is 0 Å². The van der Waals surface area contributed by atoms with Gasteiger partial charge in [0, 0.05) is 12.4 Å². The third kappa shape index (κ3) is 3.50. The number of nitrogens with one attached hydrogen (secondary N) is 1. The molecule has 0 spiro atoms. The molecule has 0 aliphatic heterocycles. The van der Waals surface area contributed by atoms with Gasteiger partial charge in [-0.15, -0.1) is 10.2 Å². The lowest BCUT2D eigenvalue weighted by Gasteiger charge is -2.05. The normalized spacial score (nSPS) is 11.3. The Kier molecular flexibility index (Phi) is 3.45. The summed E-state index contributed by atoms with van der Waals surface area (Å²) in [5.41, 5.74) is 0.463. The van der Waals surface area contributed by atoms with Gasteiger partial charge in [0.15, 0.2) is 0 Å². The highest BCUT2D eigenvalue weighted by Gasteiger charge is 2.29. The van der Waals surface area contributed by atoms with Crippen molar-refractivity contribution in [1.82, 2.24) is 20.5 Å². The first kappa shape index (κ1) is 13.0. The van der Waals surface area contributed by atoms with Crippen molar-refractivity contribution < 1.29 is 22.4 Å². The van der Waals surface area contributed by atoms with Gasteiger partial charge in [-0.25, -0.2) is 0 Å². The van der Waals surface area contributed by atoms with E-state index in [2.05, 4.69) is 15.2 Å². The molecule has 0 bridgehead atoms. The summed E-state index contributed by atoms with van der Waals surface area (Å²) in [5.74, 6) is -1.62. The predicted octanol–water partition coefficient (Wildman–Crippen LogP) is 1.42. The fourth-order valence-electron chi connectivity index (χ4n) is 1.18. The molecule has 0 saturated carbocycles. The summed E-state index contributed by atoms with van der Waals surface area (Å²) in [6, 6.07) is 3.22. The molecule has 0 fully saturated rings. The molecule has 2 aromatic rings. The number of aromatic nitrogens is 3. The average molecular weight is 272 g/mol. The number of carbonyl (C=O) groups excluding carboxylic acids is 1. The Morgan fingerprint density at radius 1 is 1.37 bits per heavy atom. The molecule has 0 aliphatic rings. The van der Waals surface area contributed by atoms with Crippen molar-refractivity contribution in [3.05, 3.63) is 30.4 Å². The Hall–Kier alpha value is -2.45. The number of hydrogen-bond acceptors (Lipinski definition) is 5. The number of pyridine rings is 1. The molecule has 0 aliphatic carbocycles. The van der Waals surface area contributed by atoms with E-state index in [9.17, 15) is 18.0 Å². The van der Waals surface area contributed by atoms with E-state index < -0.39 is 24.5 Å². The second-order valence-electron chi connectivity index (χ2n) is 3.45. The van der Waals surface area contributed by atoms with Gasteiger partial charge in [0.1, 0.15) is 6.54 Å². The third-order valence-corrected chi connectivity index (χ3v) is 1.98. The second kappa shape index (κ2) is 5.04. The Morgan fingerprint density at radius 3 is 2.79 bits per heavy atom. The standard InChI is InChI=1S/C10H7F3N4O2/c11-10(12,13)5-15-7(18)9-17-16-8(19-9)6-2-1-3-14-4-6/h1-4H,5H2,(H,15,18). The van der Waals surface area contributed by atoms with Gasteiger partial charge in [0.2, 0.25) is 5.89 Å². The molecule has 100 valence electrons. The van der Waals surface area contributed by atoms with E-state index in [1.807, 2.05) is 0 Å². The Morgan fingerprint density at radius 2 is 2.16 bits per heavy atom. The number of nitrogens with zero attached hydrogens (tertiary/aromatic N) is 3. The first-order valence-electron chi connectivity index (χ1n) is 5.04. The van der Waals surface area contributed by atoms with Crippen LogP contribution in [0.25, 0.3) is 11.5 Å². The minimum atomic E-state index is -4.50. The summed E-state index contributed by atoms with van der Waals surface area (Å²) < 4.78 is 40.7. The molecular weight excluding hydrogens is 265 g/mol. The highest BCUT2D eigenvalue weighted by Crippen LogP contribution is 2.16. The van der Waals surface area contributed by atoms with E-state index in [4.69, 9.17) is 4.42 Å². The van der Waals surface area contributed by atoms with Gasteiger partial charge in [-0.05, 0) is 12.1 Å². The fourth-order valence-corrected chi connectivity index (χ4v) is 1.18. The van der Waals surface area contributed by atoms with Crippen LogP contribution < -0.4 is 5.32 Å². The lowest BCUT2D eigenvalue weighted by atomic mass is 10.3. The Bertz CT molecular complexity index is 568. The monoisotopic (exact) mass is 272 g/mol. The number of rotatable bonds is 3. The first-order chi connectivity index (χ1) is 8.96. The molecule has 0 unspecified atom stereocenters. The maximum Gasteiger partial charge on any atom is 0.405 e. The largest absolute Gasteiger partial charge is 0.412 e. The Labute approximate surface area is 104 Å². The van der Waals surface area contributed by atoms with Gasteiger partial charge in [-0.2, -0.15) is 13.2 Å². The summed E-state index contributed by atoms with van der Waals surface area (Å²) in [7, 11) is 0. The number of hydrogen-bond donors (Lipinski definition) is 1. The first-order valence-corrected chi connectivity index (χ1v) is 5.04. The number of halogens is 3. The van der Waals surface area contributed by atoms with E-state index >= 15 is 0 Å². The SMILES string of the molecule is O=C(NCC(F)(F)F)c1nnc(-c2cccnc2)o1. The topological polar surface area (TPSA) is 80.9 Å². The van der Waals surface area contributed by atoms with Crippen LogP contribution in [0.1, 0.15) is 10.7 Å². The molecule has 2 rings (SSSR count). The van der Waals surface area contributed by atoms with Crippen LogP contribution in [0.4, 0.5) is 13.2 Å². The highest BCUT2D eigenvalue weighted by molar-refractivity contribution is 5.89. The molecule has 19 heavy (non-hydrogen) atoms. The van der Waals surface area contributed by atoms with Crippen LogP contribution in [0.3, 0.4) is 0 Å². The smallest absolute Gasteiger partial charge is 0.405 e. The summed E-state index contributed by atoms with van der Waals surface area (Å²) in [6.45, 7) is -1.46. The molecule has 0 atom stereocenters. The molecule has 6 nitrogen and oxygen atoms in total. The lowest BCUT2D eigenvalue weighted by molar-refractivity contribution is -0.123. The minimum Gasteiger partial charge on any atom is -0.412 e. The van der Waals surface area contributed by atoms with Crippen molar-refractivity contribution in [2.45, 2.75) is 6.18 Å². The summed E-state index contributed by atoms with van der Waals surface area (Å²) >= 11 is 0. The zero-order valence-electron chi connectivity index (χ0n) is 9.31. The van der Waals surface area contributed by atoms with Gasteiger partial charge < -0.3 is 9.73 Å². The average Bonchev–Trinajstić information content (AvgIpc) is 2.86. The van der Waals surface area contributed by atoms with Crippen LogP contribution in [0.15, 0.2) is 28.9 Å². The predicted molar refractivity (Wildman–Crippen MR) is 55.9 cm³/mol. The van der Waals surface area contributed by atoms with E-state index in [1.54, 1.807) is 17.4 Å². The molecule has 0 saturated heterocycles. The van der Waals surface area contributed by atoms with Crippen molar-refractivity contribution in [3.8, 4) is 11.5 Å². The van der Waals surface area contributed by atoms with Crippen LogP contribution in [0, 0.1) is 0 Å². The Balaban J connectivity index is 2.07. The van der Waals surface area contributed by atoms with E-state index in [-0.39, 0.29) is 5.89 Å². The van der Waals surface area contributed by atoms with Gasteiger partial charge in [-0.3, -0.25) is 9.78 Å². The van der Waals surface area contributed by atoms with E-state index in [1.165, 1.54) is 12.4 Å². The van der Waals surface area contributed by atoms with Gasteiger partial charge in [0.05, 0.1) is 5.56 Å². The maximum atomic E-state index is 11.9. The van der Waals surface area contributed by atoms with Crippen molar-refractivity contribution in [3.63, 3.8) is 0 Å². The molecule has 0 radical (unpaired) electrons. The molecular formula is C10H7F3N4O2. The maximum absolute atomic E-state index is 11.9. The highest BCUT2D eigenvalue weighted by atomic mass is 19.4. The molecule has 1 amide bonds. The quantitative estimate of drug-likeness (QED) is 0.914. The van der Waals surface area contributed by atoms with Crippen LogP contribution in [0.5, 0.6) is 0 Å². The van der Waals surface area contributed by atoms with Crippen LogP contribution >= 0.6 is 0 Å². The van der Waals surface area contributed by atoms with Gasteiger partial charge >= 0.3 is 18.0 Å². The molecule has 2 aromatic heterocycles. The van der Waals surface area contributed by atoms with Crippen molar-refractivity contribution >= 4 is 5.91 Å². The van der Waals surface area contributed by atoms with Crippen LogP contribution in [-0.2, 0) is 0 Å². The van der Waals surface area contributed by atoms with Crippen LogP contribution in [0.2, 0.25) is 0 Å². The summed E-state index contributed by atoms with van der Waals surface area (Å²) in [6.07, 6.45) is -1.55. The van der Waals surface area contributed by atoms with Crippen molar-refractivity contribution in [2.24, 2.45) is 0 Å². The molecule has 1 N–H and O–H groups in total.